The first-order valence-corrected chi connectivity index (χ1v) is 8.94. The van der Waals surface area contributed by atoms with Gasteiger partial charge in [-0.2, -0.15) is 4.98 Å². The highest BCUT2D eigenvalue weighted by Crippen LogP contribution is 2.28. The summed E-state index contributed by atoms with van der Waals surface area (Å²) in [5, 5.41) is 7.76. The van der Waals surface area contributed by atoms with Gasteiger partial charge in [0.05, 0.1) is 5.52 Å². The van der Waals surface area contributed by atoms with E-state index in [1.807, 2.05) is 24.3 Å². The monoisotopic (exact) mass is 328 g/mol. The van der Waals surface area contributed by atoms with Crippen LogP contribution >= 0.6 is 0 Å². The maximum absolute atomic E-state index is 5.77. The van der Waals surface area contributed by atoms with Crippen molar-refractivity contribution in [1.82, 2.24) is 9.97 Å². The van der Waals surface area contributed by atoms with E-state index in [9.17, 15) is 0 Å². The van der Waals surface area contributed by atoms with Gasteiger partial charge in [-0.1, -0.05) is 12.1 Å². The molecule has 1 aromatic heterocycles. The van der Waals surface area contributed by atoms with Crippen molar-refractivity contribution in [2.24, 2.45) is 23.3 Å². The highest BCUT2D eigenvalue weighted by molar-refractivity contribution is 5.89. The van der Waals surface area contributed by atoms with Crippen molar-refractivity contribution >= 4 is 22.7 Å². The van der Waals surface area contributed by atoms with Crippen molar-refractivity contribution in [1.29, 1.82) is 0 Å². The average molecular weight is 328 g/mol. The largest absolute Gasteiger partial charge is 0.368 e. The van der Waals surface area contributed by atoms with Crippen LogP contribution in [0.3, 0.4) is 0 Å². The Bertz CT molecular complexity index is 651. The summed E-state index contributed by atoms with van der Waals surface area (Å²) >= 11 is 0. The lowest BCUT2D eigenvalue weighted by Crippen LogP contribution is -2.25. The van der Waals surface area contributed by atoms with E-state index >= 15 is 0 Å². The van der Waals surface area contributed by atoms with E-state index < -0.39 is 0 Å². The summed E-state index contributed by atoms with van der Waals surface area (Å²) in [6.45, 7) is 3.02. The average Bonchev–Trinajstić information content (AvgIpc) is 2.64. The van der Waals surface area contributed by atoms with Gasteiger partial charge in [0, 0.05) is 25.0 Å². The second-order valence-electron chi connectivity index (χ2n) is 6.63. The lowest BCUT2D eigenvalue weighted by Gasteiger charge is -2.27. The molecule has 6 N–H and O–H groups in total. The first-order chi connectivity index (χ1) is 11.8. The molecule has 6 heteroatoms. The highest BCUT2D eigenvalue weighted by atomic mass is 15.1. The van der Waals surface area contributed by atoms with Gasteiger partial charge in [-0.15, -0.1) is 0 Å². The molecular weight excluding hydrogens is 300 g/mol. The Labute approximate surface area is 143 Å². The predicted octanol–water partition coefficient (Wildman–Crippen LogP) is 2.18. The molecule has 1 aromatic carbocycles. The molecular formula is C18H28N6. The number of benzene rings is 1. The molecule has 0 unspecified atom stereocenters. The van der Waals surface area contributed by atoms with Crippen molar-refractivity contribution in [2.75, 3.05) is 36.8 Å². The van der Waals surface area contributed by atoms with Gasteiger partial charge in [0.25, 0.3) is 0 Å². The molecule has 1 saturated carbocycles. The van der Waals surface area contributed by atoms with Crippen LogP contribution < -0.4 is 22.1 Å². The fraction of sp³-hybridized carbons (Fsp3) is 0.556. The van der Waals surface area contributed by atoms with Gasteiger partial charge in [-0.3, -0.25) is 0 Å². The normalized spacial score (nSPS) is 20.9. The fourth-order valence-electron chi connectivity index (χ4n) is 3.39. The molecule has 1 heterocycles. The van der Waals surface area contributed by atoms with E-state index in [0.29, 0.717) is 30.9 Å². The third kappa shape index (κ3) is 4.13. The SMILES string of the molecule is NCCNc1nc(NCC2CCC(CN)CC2)nc2ccccc12. The van der Waals surface area contributed by atoms with Crippen LogP contribution in [0, 0.1) is 11.8 Å². The Hall–Kier alpha value is -1.92. The number of nitrogens with one attached hydrogen (secondary N) is 2. The van der Waals surface area contributed by atoms with Gasteiger partial charge in [0.2, 0.25) is 5.95 Å². The van der Waals surface area contributed by atoms with Crippen LogP contribution in [0.4, 0.5) is 11.8 Å². The standard InChI is InChI=1S/C18H28N6/c19-9-10-21-17-15-3-1-2-4-16(15)23-18(24-17)22-12-14-7-5-13(11-20)6-8-14/h1-4,13-14H,5-12,19-20H2,(H2,21,22,23,24). The molecule has 130 valence electrons. The third-order valence-electron chi connectivity index (χ3n) is 4.89. The Morgan fingerprint density at radius 2 is 1.71 bits per heavy atom. The lowest BCUT2D eigenvalue weighted by molar-refractivity contribution is 0.289. The van der Waals surface area contributed by atoms with Gasteiger partial charge >= 0.3 is 0 Å². The van der Waals surface area contributed by atoms with Crippen molar-refractivity contribution in [3.63, 3.8) is 0 Å². The maximum Gasteiger partial charge on any atom is 0.225 e. The van der Waals surface area contributed by atoms with Crippen LogP contribution in [0.15, 0.2) is 24.3 Å². The van der Waals surface area contributed by atoms with Crippen molar-refractivity contribution in [3.8, 4) is 0 Å². The van der Waals surface area contributed by atoms with Gasteiger partial charge in [-0.25, -0.2) is 4.98 Å². The summed E-state index contributed by atoms with van der Waals surface area (Å²) in [6.07, 6.45) is 4.96. The van der Waals surface area contributed by atoms with E-state index in [4.69, 9.17) is 11.5 Å². The Balaban J connectivity index is 1.68. The summed E-state index contributed by atoms with van der Waals surface area (Å²) in [5.41, 5.74) is 12.3. The molecule has 24 heavy (non-hydrogen) atoms. The molecule has 6 nitrogen and oxygen atoms in total. The number of hydrogen-bond donors (Lipinski definition) is 4. The molecule has 0 spiro atoms. The zero-order chi connectivity index (χ0) is 16.8. The number of aromatic nitrogens is 2. The van der Waals surface area contributed by atoms with Crippen molar-refractivity contribution < 1.29 is 0 Å². The first kappa shape index (κ1) is 16.9. The lowest BCUT2D eigenvalue weighted by atomic mass is 9.82. The quantitative estimate of drug-likeness (QED) is 0.621. The molecule has 0 bridgehead atoms. The minimum absolute atomic E-state index is 0.575. The van der Waals surface area contributed by atoms with E-state index in [-0.39, 0.29) is 0 Å². The Morgan fingerprint density at radius 1 is 0.958 bits per heavy atom. The van der Waals surface area contributed by atoms with E-state index in [1.165, 1.54) is 25.7 Å². The third-order valence-corrected chi connectivity index (χ3v) is 4.89. The summed E-state index contributed by atoms with van der Waals surface area (Å²) in [4.78, 5) is 9.29. The summed E-state index contributed by atoms with van der Waals surface area (Å²) in [6, 6.07) is 8.05. The molecule has 0 amide bonds. The fourth-order valence-corrected chi connectivity index (χ4v) is 3.39. The smallest absolute Gasteiger partial charge is 0.225 e. The van der Waals surface area contributed by atoms with Gasteiger partial charge in [0.15, 0.2) is 0 Å². The number of fused-ring (bicyclic) bond motifs is 1. The van der Waals surface area contributed by atoms with Crippen LogP contribution in [-0.4, -0.2) is 36.1 Å². The minimum Gasteiger partial charge on any atom is -0.368 e. The summed E-state index contributed by atoms with van der Waals surface area (Å²) < 4.78 is 0. The predicted molar refractivity (Wildman–Crippen MR) is 100 cm³/mol. The summed E-state index contributed by atoms with van der Waals surface area (Å²) in [7, 11) is 0. The molecule has 2 aromatic rings. The van der Waals surface area contributed by atoms with Crippen molar-refractivity contribution in [3.05, 3.63) is 24.3 Å². The van der Waals surface area contributed by atoms with Crippen molar-refractivity contribution in [2.45, 2.75) is 25.7 Å². The number of nitrogens with zero attached hydrogens (tertiary/aromatic N) is 2. The number of rotatable bonds is 7. The van der Waals surface area contributed by atoms with Gasteiger partial charge in [0.1, 0.15) is 5.82 Å². The zero-order valence-corrected chi connectivity index (χ0v) is 14.2. The molecule has 0 atom stereocenters. The van der Waals surface area contributed by atoms with E-state index in [2.05, 4.69) is 20.6 Å². The van der Waals surface area contributed by atoms with E-state index in [1.54, 1.807) is 0 Å². The molecule has 0 radical (unpaired) electrons. The summed E-state index contributed by atoms with van der Waals surface area (Å²) in [5.74, 6) is 2.93. The van der Waals surface area contributed by atoms with Crippen LogP contribution in [0.5, 0.6) is 0 Å². The first-order valence-electron chi connectivity index (χ1n) is 8.94. The van der Waals surface area contributed by atoms with E-state index in [0.717, 1.165) is 29.8 Å². The van der Waals surface area contributed by atoms with Crippen LogP contribution in [0.2, 0.25) is 0 Å². The molecule has 1 aliphatic carbocycles. The highest BCUT2D eigenvalue weighted by Gasteiger charge is 2.20. The Morgan fingerprint density at radius 3 is 2.46 bits per heavy atom. The topological polar surface area (TPSA) is 102 Å². The molecule has 3 rings (SSSR count). The van der Waals surface area contributed by atoms with Crippen LogP contribution in [-0.2, 0) is 0 Å². The number of anilines is 2. The van der Waals surface area contributed by atoms with Crippen LogP contribution in [0.1, 0.15) is 25.7 Å². The number of para-hydroxylation sites is 1. The molecule has 0 aliphatic heterocycles. The maximum atomic E-state index is 5.77. The molecule has 1 fully saturated rings. The number of nitrogens with two attached hydrogens (primary N) is 2. The van der Waals surface area contributed by atoms with Crippen LogP contribution in [0.25, 0.3) is 10.9 Å². The second-order valence-corrected chi connectivity index (χ2v) is 6.63. The molecule has 0 saturated heterocycles. The van der Waals surface area contributed by atoms with Gasteiger partial charge < -0.3 is 22.1 Å². The minimum atomic E-state index is 0.575. The number of hydrogen-bond acceptors (Lipinski definition) is 6. The second kappa shape index (κ2) is 8.26. The Kier molecular flexibility index (Phi) is 5.82. The van der Waals surface area contributed by atoms with Gasteiger partial charge in [-0.05, 0) is 56.2 Å². The zero-order valence-electron chi connectivity index (χ0n) is 14.2. The molecule has 1 aliphatic rings.